The maximum atomic E-state index is 12.1. The molecule has 2 N–H and O–H groups in total. The average Bonchev–Trinajstić information content (AvgIpc) is 2.62. The van der Waals surface area contributed by atoms with E-state index >= 15 is 0 Å². The van der Waals surface area contributed by atoms with Gasteiger partial charge >= 0.3 is 156 Å². The molecule has 1 aromatic heterocycles. The zero-order chi connectivity index (χ0) is 19.1. The van der Waals surface area contributed by atoms with Crippen molar-refractivity contribution in [1.82, 2.24) is 4.98 Å². The monoisotopic (exact) mass is 419 g/mol. The molecule has 7 nitrogen and oxygen atoms in total. The maximum absolute atomic E-state index is 12.1. The van der Waals surface area contributed by atoms with Crippen LogP contribution in [0.25, 0.3) is 0 Å². The van der Waals surface area contributed by atoms with Crippen LogP contribution in [0.1, 0.15) is 28.4 Å². The van der Waals surface area contributed by atoms with Gasteiger partial charge in [-0.25, -0.2) is 0 Å². The molecule has 0 bridgehead atoms. The van der Waals surface area contributed by atoms with Crippen LogP contribution in [0.3, 0.4) is 0 Å². The number of benzene rings is 1. The fourth-order valence-corrected chi connectivity index (χ4v) is 3.66. The van der Waals surface area contributed by atoms with Crippen molar-refractivity contribution in [3.63, 3.8) is 0 Å². The molecule has 0 fully saturated rings. The van der Waals surface area contributed by atoms with Gasteiger partial charge in [-0.05, 0) is 0 Å². The summed E-state index contributed by atoms with van der Waals surface area (Å²) in [6.07, 6.45) is 0. The summed E-state index contributed by atoms with van der Waals surface area (Å²) in [4.78, 5) is 38.4. The first-order valence-corrected chi connectivity index (χ1v) is 9.85. The van der Waals surface area contributed by atoms with Gasteiger partial charge in [0.1, 0.15) is 0 Å². The van der Waals surface area contributed by atoms with Crippen LogP contribution >= 0.6 is 0 Å². The van der Waals surface area contributed by atoms with Crippen molar-refractivity contribution in [2.75, 3.05) is 11.9 Å². The van der Waals surface area contributed by atoms with Gasteiger partial charge < -0.3 is 0 Å². The van der Waals surface area contributed by atoms with E-state index in [2.05, 4.69) is 10.3 Å². The second-order valence-electron chi connectivity index (χ2n) is 5.29. The third kappa shape index (κ3) is 5.06. The predicted molar refractivity (Wildman–Crippen MR) is 97.7 cm³/mol. The molecular formula is C18H17N3O4Se. The van der Waals surface area contributed by atoms with Crippen LogP contribution in [0.4, 0.5) is 5.69 Å². The predicted octanol–water partition coefficient (Wildman–Crippen LogP) is 1.12. The number of nitrogens with one attached hydrogen (secondary N) is 2. The van der Waals surface area contributed by atoms with Gasteiger partial charge in [0, 0.05) is 0 Å². The molecule has 8 heteroatoms. The number of aromatic nitrogens is 1. The minimum atomic E-state index is -0.776. The SMILES string of the molecule is CCOC(=O)c1cc(C#N)c([Se]CC(=O)Nc2ccc(C)cc2)[nH]c1=O. The molecule has 26 heavy (non-hydrogen) atoms. The number of nitriles is 1. The van der Waals surface area contributed by atoms with Crippen LogP contribution in [0.15, 0.2) is 35.1 Å². The fraction of sp³-hybridized carbons (Fsp3) is 0.222. The van der Waals surface area contributed by atoms with E-state index in [0.717, 1.165) is 5.56 Å². The molecule has 0 aliphatic carbocycles. The molecule has 0 radical (unpaired) electrons. The summed E-state index contributed by atoms with van der Waals surface area (Å²) in [6, 6.07) is 10.5. The molecule has 1 aromatic carbocycles. The third-order valence-electron chi connectivity index (χ3n) is 3.30. The van der Waals surface area contributed by atoms with E-state index in [1.54, 1.807) is 19.1 Å². The van der Waals surface area contributed by atoms with Crippen molar-refractivity contribution in [1.29, 1.82) is 5.26 Å². The molecule has 134 valence electrons. The Labute approximate surface area is 156 Å². The van der Waals surface area contributed by atoms with Crippen molar-refractivity contribution in [2.45, 2.75) is 19.2 Å². The molecule has 0 aliphatic heterocycles. The van der Waals surface area contributed by atoms with Crippen LogP contribution in [0, 0.1) is 18.3 Å². The van der Waals surface area contributed by atoms with Crippen LogP contribution in [-0.2, 0) is 9.53 Å². The number of pyridine rings is 1. The topological polar surface area (TPSA) is 112 Å². The number of aryl methyl sites for hydroxylation is 1. The molecule has 0 aliphatic rings. The van der Waals surface area contributed by atoms with Gasteiger partial charge in [-0.2, -0.15) is 0 Å². The molecule has 2 rings (SSSR count). The van der Waals surface area contributed by atoms with Gasteiger partial charge in [0.25, 0.3) is 0 Å². The molecule has 1 amide bonds. The Bertz CT molecular complexity index is 914. The normalized spacial score (nSPS) is 10.0. The third-order valence-corrected chi connectivity index (χ3v) is 5.44. The number of H-pyrrole nitrogens is 1. The summed E-state index contributed by atoms with van der Waals surface area (Å²) >= 11 is -0.466. The van der Waals surface area contributed by atoms with Crippen LogP contribution in [0.5, 0.6) is 0 Å². The Morgan fingerprint density at radius 1 is 1.31 bits per heavy atom. The number of carbonyl (C=O) groups excluding carboxylic acids is 2. The van der Waals surface area contributed by atoms with E-state index in [1.807, 2.05) is 25.1 Å². The van der Waals surface area contributed by atoms with Gasteiger partial charge in [0.15, 0.2) is 0 Å². The molecule has 0 saturated heterocycles. The van der Waals surface area contributed by atoms with E-state index < -0.39 is 26.5 Å². The van der Waals surface area contributed by atoms with E-state index in [9.17, 15) is 19.6 Å². The molecule has 0 unspecified atom stereocenters. The number of carbonyl (C=O) groups is 2. The van der Waals surface area contributed by atoms with Gasteiger partial charge in [-0.1, -0.05) is 0 Å². The van der Waals surface area contributed by atoms with Crippen molar-refractivity contribution in [2.24, 2.45) is 0 Å². The molecule has 0 saturated carbocycles. The van der Waals surface area contributed by atoms with E-state index in [1.165, 1.54) is 6.07 Å². The second-order valence-corrected chi connectivity index (χ2v) is 7.36. The summed E-state index contributed by atoms with van der Waals surface area (Å²) in [6.45, 7) is 3.71. The number of amides is 1. The van der Waals surface area contributed by atoms with Crippen LogP contribution < -0.4 is 15.5 Å². The van der Waals surface area contributed by atoms with Crippen molar-refractivity contribution in [3.05, 3.63) is 57.4 Å². The van der Waals surface area contributed by atoms with Crippen molar-refractivity contribution < 1.29 is 14.3 Å². The first kappa shape index (κ1) is 19.4. The molecule has 0 atom stereocenters. The number of anilines is 1. The zero-order valence-corrected chi connectivity index (χ0v) is 16.0. The van der Waals surface area contributed by atoms with E-state index in [0.29, 0.717) is 10.3 Å². The number of aromatic amines is 1. The summed E-state index contributed by atoms with van der Waals surface area (Å²) in [7, 11) is 0. The zero-order valence-electron chi connectivity index (χ0n) is 14.3. The van der Waals surface area contributed by atoms with Gasteiger partial charge in [-0.15, -0.1) is 0 Å². The number of nitrogens with zero attached hydrogens (tertiary/aromatic N) is 1. The number of rotatable bonds is 6. The Hall–Kier alpha value is -2.88. The molecule has 1 heterocycles. The number of ether oxygens (including phenoxy) is 1. The summed E-state index contributed by atoms with van der Waals surface area (Å²) in [5.41, 5.74) is 1.09. The Kier molecular flexibility index (Phi) is 6.73. The number of hydrogen-bond donors (Lipinski definition) is 2. The minimum absolute atomic E-state index is 0.130. The van der Waals surface area contributed by atoms with Gasteiger partial charge in [0.05, 0.1) is 0 Å². The van der Waals surface area contributed by atoms with Gasteiger partial charge in [0.2, 0.25) is 0 Å². The van der Waals surface area contributed by atoms with Crippen LogP contribution in [0.2, 0.25) is 5.32 Å². The molecule has 0 spiro atoms. The van der Waals surface area contributed by atoms with Gasteiger partial charge in [-0.3, -0.25) is 0 Å². The Morgan fingerprint density at radius 3 is 2.62 bits per heavy atom. The van der Waals surface area contributed by atoms with Crippen molar-refractivity contribution in [3.8, 4) is 6.07 Å². The summed E-state index contributed by atoms with van der Waals surface area (Å²) in [5.74, 6) is -0.991. The second kappa shape index (κ2) is 8.99. The van der Waals surface area contributed by atoms with Crippen LogP contribution in [-0.4, -0.2) is 38.4 Å². The number of hydrogen-bond acceptors (Lipinski definition) is 5. The first-order valence-electron chi connectivity index (χ1n) is 7.78. The standard InChI is InChI=1S/C18H17N3O4Se/c1-3-25-18(24)14-8-12(9-19)17(21-16(14)23)26-10-15(22)20-13-6-4-11(2)5-7-13/h4-8H,3,10H2,1-2H3,(H,20,22)(H,21,23). The van der Waals surface area contributed by atoms with Crippen molar-refractivity contribution >= 4 is 37.1 Å². The summed E-state index contributed by atoms with van der Waals surface area (Å²) < 4.78 is 5.17. The molecule has 2 aromatic rings. The molecular weight excluding hydrogens is 401 g/mol. The quantitative estimate of drug-likeness (QED) is 0.539. The Morgan fingerprint density at radius 2 is 2.00 bits per heavy atom. The van der Waals surface area contributed by atoms with E-state index in [4.69, 9.17) is 4.74 Å². The average molecular weight is 418 g/mol. The first-order chi connectivity index (χ1) is 12.4. The fourth-order valence-electron chi connectivity index (χ4n) is 2.04. The number of esters is 1. The van der Waals surface area contributed by atoms with E-state index in [-0.39, 0.29) is 29.0 Å². The summed E-state index contributed by atoms with van der Waals surface area (Å²) in [5, 5.41) is 12.2. The Balaban J connectivity index is 2.09.